The number of sulfonamides is 1. The smallest absolute Gasteiger partial charge is 0.243 e. The molecule has 7 heteroatoms. The van der Waals surface area contributed by atoms with Crippen molar-refractivity contribution in [2.45, 2.75) is 18.7 Å². The molecule has 25 heavy (non-hydrogen) atoms. The Bertz CT molecular complexity index is 861. The predicted octanol–water partition coefficient (Wildman–Crippen LogP) is 2.57. The van der Waals surface area contributed by atoms with Gasteiger partial charge in [-0.25, -0.2) is 8.42 Å². The fourth-order valence-corrected chi connectivity index (χ4v) is 3.53. The van der Waals surface area contributed by atoms with Crippen molar-refractivity contribution >= 4 is 21.6 Å². The first-order valence-electron chi connectivity index (χ1n) is 7.71. The normalized spacial score (nSPS) is 11.4. The van der Waals surface area contributed by atoms with Crippen LogP contribution in [0.2, 0.25) is 0 Å². The zero-order chi connectivity index (χ0) is 18.6. The average Bonchev–Trinajstić information content (AvgIpc) is 2.56. The van der Waals surface area contributed by atoms with Crippen molar-refractivity contribution < 1.29 is 17.9 Å². The minimum absolute atomic E-state index is 0.122. The van der Waals surface area contributed by atoms with E-state index in [9.17, 15) is 13.2 Å². The molecule has 0 saturated heterocycles. The molecule has 134 valence electrons. The van der Waals surface area contributed by atoms with Gasteiger partial charge in [0, 0.05) is 12.7 Å². The number of carbonyl (C=O) groups excluding carboxylic acids is 1. The number of hydrogen-bond donors (Lipinski definition) is 1. The van der Waals surface area contributed by atoms with E-state index in [4.69, 9.17) is 4.74 Å². The third-order valence-corrected chi connectivity index (χ3v) is 5.58. The van der Waals surface area contributed by atoms with Gasteiger partial charge in [-0.15, -0.1) is 0 Å². The number of hydrogen-bond acceptors (Lipinski definition) is 4. The van der Waals surface area contributed by atoms with Crippen LogP contribution < -0.4 is 10.1 Å². The van der Waals surface area contributed by atoms with E-state index >= 15 is 0 Å². The molecule has 6 nitrogen and oxygen atoms in total. The molecule has 0 fully saturated rings. The molecule has 0 radical (unpaired) electrons. The Balaban J connectivity index is 2.10. The Morgan fingerprint density at radius 1 is 1.12 bits per heavy atom. The third kappa shape index (κ3) is 4.58. The van der Waals surface area contributed by atoms with E-state index in [0.29, 0.717) is 17.0 Å². The highest BCUT2D eigenvalue weighted by Gasteiger charge is 2.23. The van der Waals surface area contributed by atoms with Gasteiger partial charge in [-0.2, -0.15) is 4.31 Å². The van der Waals surface area contributed by atoms with Crippen molar-refractivity contribution in [2.24, 2.45) is 0 Å². The summed E-state index contributed by atoms with van der Waals surface area (Å²) in [5, 5.41) is 2.69. The number of anilines is 1. The molecule has 0 bridgehead atoms. The zero-order valence-electron chi connectivity index (χ0n) is 14.7. The number of nitrogens with one attached hydrogen (secondary N) is 1. The number of aryl methyl sites for hydroxylation is 2. The van der Waals surface area contributed by atoms with Crippen LogP contribution in [-0.4, -0.2) is 39.3 Å². The summed E-state index contributed by atoms with van der Waals surface area (Å²) in [6.45, 7) is 3.44. The molecule has 0 aliphatic carbocycles. The quantitative estimate of drug-likeness (QED) is 0.857. The topological polar surface area (TPSA) is 75.7 Å². The summed E-state index contributed by atoms with van der Waals surface area (Å²) in [5.74, 6) is 0.207. The largest absolute Gasteiger partial charge is 0.496 e. The zero-order valence-corrected chi connectivity index (χ0v) is 15.6. The molecule has 1 amide bonds. The van der Waals surface area contributed by atoms with Gasteiger partial charge in [0.15, 0.2) is 0 Å². The number of nitrogens with zero attached hydrogens (tertiary/aromatic N) is 1. The van der Waals surface area contributed by atoms with Crippen LogP contribution in [0.5, 0.6) is 5.75 Å². The van der Waals surface area contributed by atoms with Crippen molar-refractivity contribution in [1.82, 2.24) is 4.31 Å². The maximum atomic E-state index is 12.6. The van der Waals surface area contributed by atoms with E-state index in [1.807, 2.05) is 19.1 Å². The summed E-state index contributed by atoms with van der Waals surface area (Å²) >= 11 is 0. The molecule has 0 atom stereocenters. The van der Waals surface area contributed by atoms with Crippen molar-refractivity contribution in [2.75, 3.05) is 26.0 Å². The molecule has 0 aromatic heterocycles. The highest BCUT2D eigenvalue weighted by molar-refractivity contribution is 7.89. The molecular weight excluding hydrogens is 340 g/mol. The molecule has 0 aliphatic rings. The first-order chi connectivity index (χ1) is 11.7. The van der Waals surface area contributed by atoms with Crippen molar-refractivity contribution in [3.05, 3.63) is 53.6 Å². The molecule has 0 saturated carbocycles. The summed E-state index contributed by atoms with van der Waals surface area (Å²) in [5.41, 5.74) is 2.41. The first-order valence-corrected chi connectivity index (χ1v) is 9.15. The first kappa shape index (κ1) is 19.0. The van der Waals surface area contributed by atoms with Crippen LogP contribution in [0.4, 0.5) is 5.69 Å². The van der Waals surface area contributed by atoms with Crippen LogP contribution in [0.3, 0.4) is 0 Å². The van der Waals surface area contributed by atoms with Crippen molar-refractivity contribution in [3.63, 3.8) is 0 Å². The summed E-state index contributed by atoms with van der Waals surface area (Å²) in [7, 11) is -0.859. The lowest BCUT2D eigenvalue weighted by Gasteiger charge is -2.18. The maximum absolute atomic E-state index is 12.6. The predicted molar refractivity (Wildman–Crippen MR) is 97.4 cm³/mol. The summed E-state index contributed by atoms with van der Waals surface area (Å²) < 4.78 is 31.4. The SMILES string of the molecule is COc1ccc(S(=O)(=O)N(C)CC(=O)Nc2ccc(C)cc2)cc1C. The van der Waals surface area contributed by atoms with Crippen LogP contribution in [-0.2, 0) is 14.8 Å². The van der Waals surface area contributed by atoms with Gasteiger partial charge < -0.3 is 10.1 Å². The number of methoxy groups -OCH3 is 1. The van der Waals surface area contributed by atoms with Crippen molar-refractivity contribution in [1.29, 1.82) is 0 Å². The maximum Gasteiger partial charge on any atom is 0.243 e. The van der Waals surface area contributed by atoms with E-state index in [1.54, 1.807) is 25.1 Å². The van der Waals surface area contributed by atoms with Gasteiger partial charge in [-0.1, -0.05) is 17.7 Å². The Labute approximate surface area is 148 Å². The molecule has 0 unspecified atom stereocenters. The second-order valence-corrected chi connectivity index (χ2v) is 7.85. The fraction of sp³-hybridized carbons (Fsp3) is 0.278. The van der Waals surface area contributed by atoms with Crippen LogP contribution in [0.1, 0.15) is 11.1 Å². The van der Waals surface area contributed by atoms with Gasteiger partial charge in [0.1, 0.15) is 5.75 Å². The monoisotopic (exact) mass is 362 g/mol. The molecular formula is C18H22N2O4S. The van der Waals surface area contributed by atoms with E-state index in [2.05, 4.69) is 5.32 Å². The van der Waals surface area contributed by atoms with E-state index in [-0.39, 0.29) is 11.4 Å². The van der Waals surface area contributed by atoms with Gasteiger partial charge in [-0.05, 0) is 49.7 Å². The molecule has 2 aromatic carbocycles. The molecule has 0 heterocycles. The summed E-state index contributed by atoms with van der Waals surface area (Å²) in [6, 6.07) is 11.9. The highest BCUT2D eigenvalue weighted by Crippen LogP contribution is 2.23. The number of amides is 1. The highest BCUT2D eigenvalue weighted by atomic mass is 32.2. The standard InChI is InChI=1S/C18H22N2O4S/c1-13-5-7-15(8-6-13)19-18(21)12-20(3)25(22,23)16-9-10-17(24-4)14(2)11-16/h5-11H,12H2,1-4H3,(H,19,21). The minimum atomic E-state index is -3.76. The summed E-state index contributed by atoms with van der Waals surface area (Å²) in [6.07, 6.45) is 0. The van der Waals surface area contributed by atoms with Gasteiger partial charge in [0.25, 0.3) is 0 Å². The number of rotatable bonds is 6. The molecule has 2 rings (SSSR count). The number of benzene rings is 2. The fourth-order valence-electron chi connectivity index (χ4n) is 2.32. The van der Waals surface area contributed by atoms with Crippen LogP contribution in [0, 0.1) is 13.8 Å². The van der Waals surface area contributed by atoms with E-state index in [1.165, 1.54) is 26.3 Å². The lowest BCUT2D eigenvalue weighted by Crippen LogP contribution is -2.35. The lowest BCUT2D eigenvalue weighted by atomic mass is 10.2. The number of carbonyl (C=O) groups is 1. The van der Waals surface area contributed by atoms with Crippen LogP contribution >= 0.6 is 0 Å². The lowest BCUT2D eigenvalue weighted by molar-refractivity contribution is -0.116. The molecule has 1 N–H and O–H groups in total. The molecule has 0 spiro atoms. The Morgan fingerprint density at radius 3 is 2.32 bits per heavy atom. The second kappa shape index (κ2) is 7.67. The van der Waals surface area contributed by atoms with Gasteiger partial charge in [0.2, 0.25) is 15.9 Å². The molecule has 2 aromatic rings. The Kier molecular flexibility index (Phi) is 5.81. The van der Waals surface area contributed by atoms with E-state index in [0.717, 1.165) is 9.87 Å². The second-order valence-electron chi connectivity index (χ2n) is 5.81. The summed E-state index contributed by atoms with van der Waals surface area (Å²) in [4.78, 5) is 12.2. The third-order valence-electron chi connectivity index (χ3n) is 3.78. The van der Waals surface area contributed by atoms with Crippen LogP contribution in [0.15, 0.2) is 47.4 Å². The van der Waals surface area contributed by atoms with E-state index < -0.39 is 15.9 Å². The Hall–Kier alpha value is -2.38. The van der Waals surface area contributed by atoms with Gasteiger partial charge in [-0.3, -0.25) is 4.79 Å². The Morgan fingerprint density at radius 2 is 1.76 bits per heavy atom. The van der Waals surface area contributed by atoms with Gasteiger partial charge >= 0.3 is 0 Å². The van der Waals surface area contributed by atoms with Crippen LogP contribution in [0.25, 0.3) is 0 Å². The molecule has 0 aliphatic heterocycles. The van der Waals surface area contributed by atoms with Gasteiger partial charge in [0.05, 0.1) is 18.6 Å². The van der Waals surface area contributed by atoms with Crippen molar-refractivity contribution in [3.8, 4) is 5.75 Å². The number of ether oxygens (including phenoxy) is 1. The number of likely N-dealkylation sites (N-methyl/N-ethyl adjacent to an activating group) is 1. The minimum Gasteiger partial charge on any atom is -0.496 e. The average molecular weight is 362 g/mol.